The van der Waals surface area contributed by atoms with E-state index in [1.807, 2.05) is 18.2 Å². The van der Waals surface area contributed by atoms with Gasteiger partial charge in [0.05, 0.1) is 11.6 Å². The molecule has 0 atom stereocenters. The third-order valence-corrected chi connectivity index (χ3v) is 3.94. The Morgan fingerprint density at radius 1 is 1.00 bits per heavy atom. The number of rotatable bonds is 2. The summed E-state index contributed by atoms with van der Waals surface area (Å²) in [6.45, 7) is 0. The van der Waals surface area contributed by atoms with Crippen LogP contribution in [0.2, 0.25) is 5.15 Å². The van der Waals surface area contributed by atoms with Gasteiger partial charge in [-0.25, -0.2) is 4.98 Å². The lowest BCUT2D eigenvalue weighted by Crippen LogP contribution is -1.84. The quantitative estimate of drug-likeness (QED) is 0.630. The fourth-order valence-corrected chi connectivity index (χ4v) is 3.09. The highest BCUT2D eigenvalue weighted by atomic mass is 35.5. The number of fused-ring (bicyclic) bond motifs is 1. The maximum absolute atomic E-state index is 8.95. The predicted molar refractivity (Wildman–Crippen MR) is 82.0 cm³/mol. The first kappa shape index (κ1) is 13.0. The minimum absolute atomic E-state index is 0.340. The molecule has 2 nitrogen and oxygen atoms in total. The maximum atomic E-state index is 8.95. The molecule has 0 radical (unpaired) electrons. The summed E-state index contributed by atoms with van der Waals surface area (Å²) in [5.74, 6) is 0. The van der Waals surface area contributed by atoms with Crippen LogP contribution < -0.4 is 0 Å². The summed E-state index contributed by atoms with van der Waals surface area (Å²) in [6, 6.07) is 19.8. The van der Waals surface area contributed by atoms with Gasteiger partial charge in [0.25, 0.3) is 0 Å². The van der Waals surface area contributed by atoms with Crippen molar-refractivity contribution in [3.8, 4) is 6.07 Å². The summed E-state index contributed by atoms with van der Waals surface area (Å²) in [6.07, 6.45) is 0. The second kappa shape index (κ2) is 5.54. The van der Waals surface area contributed by atoms with Gasteiger partial charge in [0.15, 0.2) is 0 Å². The highest BCUT2D eigenvalue weighted by molar-refractivity contribution is 7.99. The van der Waals surface area contributed by atoms with Crippen molar-refractivity contribution in [3.05, 3.63) is 65.3 Å². The van der Waals surface area contributed by atoms with E-state index >= 15 is 0 Å². The van der Waals surface area contributed by atoms with Gasteiger partial charge in [-0.3, -0.25) is 0 Å². The number of hydrogen-bond acceptors (Lipinski definition) is 3. The lowest BCUT2D eigenvalue weighted by atomic mass is 10.1. The third-order valence-electron chi connectivity index (χ3n) is 2.84. The summed E-state index contributed by atoms with van der Waals surface area (Å²) in [4.78, 5) is 5.31. The van der Waals surface area contributed by atoms with E-state index in [4.69, 9.17) is 16.9 Å². The van der Waals surface area contributed by atoms with E-state index in [0.717, 1.165) is 9.92 Å². The lowest BCUT2D eigenvalue weighted by molar-refractivity contribution is 1.12. The molecule has 96 valence electrons. The van der Waals surface area contributed by atoms with Crippen LogP contribution in [0.3, 0.4) is 0 Å². The molecule has 3 rings (SSSR count). The molecule has 0 aliphatic heterocycles. The molecule has 2 aromatic carbocycles. The molecule has 1 heterocycles. The molecule has 1 aromatic heterocycles. The van der Waals surface area contributed by atoms with Crippen molar-refractivity contribution in [1.29, 1.82) is 5.26 Å². The highest BCUT2D eigenvalue weighted by Gasteiger charge is 2.04. The van der Waals surface area contributed by atoms with Crippen molar-refractivity contribution in [2.45, 2.75) is 9.92 Å². The van der Waals surface area contributed by atoms with Gasteiger partial charge in [-0.1, -0.05) is 53.7 Å². The zero-order valence-electron chi connectivity index (χ0n) is 10.4. The van der Waals surface area contributed by atoms with Gasteiger partial charge in [0.1, 0.15) is 10.2 Å². The fraction of sp³-hybridized carbons (Fsp3) is 0. The Balaban J connectivity index is 1.97. The van der Waals surface area contributed by atoms with Crippen molar-refractivity contribution >= 4 is 34.1 Å². The molecule has 0 saturated carbocycles. The zero-order valence-corrected chi connectivity index (χ0v) is 11.9. The van der Waals surface area contributed by atoms with E-state index in [9.17, 15) is 0 Å². The summed E-state index contributed by atoms with van der Waals surface area (Å²) < 4.78 is 0. The molecule has 0 fully saturated rings. The van der Waals surface area contributed by atoms with E-state index in [2.05, 4.69) is 35.3 Å². The van der Waals surface area contributed by atoms with Crippen molar-refractivity contribution in [2.24, 2.45) is 0 Å². The predicted octanol–water partition coefficient (Wildman–Crippen LogP) is 4.91. The SMILES string of the molecule is N#Cc1cc(Cl)nc(Sc2ccc3ccccc3c2)c1. The van der Waals surface area contributed by atoms with E-state index in [1.54, 1.807) is 12.1 Å². The Labute approximate surface area is 126 Å². The second-order valence-corrected chi connectivity index (χ2v) is 5.72. The number of pyridine rings is 1. The molecule has 3 aromatic rings. The Kier molecular flexibility index (Phi) is 3.60. The van der Waals surface area contributed by atoms with Crippen molar-refractivity contribution in [3.63, 3.8) is 0 Å². The summed E-state index contributed by atoms with van der Waals surface area (Å²) >= 11 is 7.41. The molecular weight excluding hydrogens is 288 g/mol. The average Bonchev–Trinajstić information content (AvgIpc) is 2.46. The first-order chi connectivity index (χ1) is 9.74. The number of hydrogen-bond donors (Lipinski definition) is 0. The molecule has 0 aliphatic carbocycles. The van der Waals surface area contributed by atoms with E-state index < -0.39 is 0 Å². The Hall–Kier alpha value is -2.02. The molecule has 0 saturated heterocycles. The molecule has 0 bridgehead atoms. The minimum Gasteiger partial charge on any atom is -0.229 e. The highest BCUT2D eigenvalue weighted by Crippen LogP contribution is 2.30. The molecule has 20 heavy (non-hydrogen) atoms. The first-order valence-corrected chi connectivity index (χ1v) is 7.18. The van der Waals surface area contributed by atoms with Crippen LogP contribution in [0, 0.1) is 11.3 Å². The van der Waals surface area contributed by atoms with Gasteiger partial charge >= 0.3 is 0 Å². The van der Waals surface area contributed by atoms with Gasteiger partial charge in [-0.15, -0.1) is 0 Å². The molecular formula is C16H9ClN2S. The van der Waals surface area contributed by atoms with Gasteiger partial charge in [0, 0.05) is 4.90 Å². The normalized spacial score (nSPS) is 10.4. The van der Waals surface area contributed by atoms with Crippen molar-refractivity contribution in [2.75, 3.05) is 0 Å². The molecule has 0 unspecified atom stereocenters. The number of benzene rings is 2. The summed E-state index contributed by atoms with van der Waals surface area (Å²) in [5, 5.41) is 12.4. The zero-order chi connectivity index (χ0) is 13.9. The van der Waals surface area contributed by atoms with Gasteiger partial charge < -0.3 is 0 Å². The summed E-state index contributed by atoms with van der Waals surface area (Å²) in [7, 11) is 0. The summed E-state index contributed by atoms with van der Waals surface area (Å²) in [5.41, 5.74) is 0.522. The van der Waals surface area contributed by atoms with Crippen LogP contribution >= 0.6 is 23.4 Å². The van der Waals surface area contributed by atoms with E-state index in [0.29, 0.717) is 10.7 Å². The number of aromatic nitrogens is 1. The lowest BCUT2D eigenvalue weighted by Gasteiger charge is -2.04. The Morgan fingerprint density at radius 3 is 2.60 bits per heavy atom. The number of nitrogens with zero attached hydrogens (tertiary/aromatic N) is 2. The van der Waals surface area contributed by atoms with E-state index in [1.165, 1.54) is 22.5 Å². The van der Waals surface area contributed by atoms with Gasteiger partial charge in [0.2, 0.25) is 0 Å². The standard InChI is InChI=1S/C16H9ClN2S/c17-15-7-11(10-18)8-16(19-15)20-14-6-5-12-3-1-2-4-13(12)9-14/h1-9H. The van der Waals surface area contributed by atoms with Crippen molar-refractivity contribution in [1.82, 2.24) is 4.98 Å². The van der Waals surface area contributed by atoms with Crippen LogP contribution in [-0.4, -0.2) is 4.98 Å². The molecule has 0 N–H and O–H groups in total. The Morgan fingerprint density at radius 2 is 1.80 bits per heavy atom. The molecule has 0 amide bonds. The molecule has 0 aliphatic rings. The van der Waals surface area contributed by atoms with Crippen LogP contribution in [0.15, 0.2) is 64.5 Å². The van der Waals surface area contributed by atoms with E-state index in [-0.39, 0.29) is 0 Å². The smallest absolute Gasteiger partial charge is 0.131 e. The second-order valence-electron chi connectivity index (χ2n) is 4.24. The van der Waals surface area contributed by atoms with Crippen LogP contribution in [0.4, 0.5) is 0 Å². The van der Waals surface area contributed by atoms with Crippen LogP contribution in [-0.2, 0) is 0 Å². The topological polar surface area (TPSA) is 36.7 Å². The Bertz CT molecular complexity index is 824. The molecule has 4 heteroatoms. The van der Waals surface area contributed by atoms with Gasteiger partial charge in [-0.2, -0.15) is 5.26 Å². The third kappa shape index (κ3) is 2.77. The van der Waals surface area contributed by atoms with Crippen LogP contribution in [0.25, 0.3) is 10.8 Å². The van der Waals surface area contributed by atoms with Crippen LogP contribution in [0.1, 0.15) is 5.56 Å². The average molecular weight is 297 g/mol. The molecule has 0 spiro atoms. The minimum atomic E-state index is 0.340. The largest absolute Gasteiger partial charge is 0.229 e. The monoisotopic (exact) mass is 296 g/mol. The van der Waals surface area contributed by atoms with Crippen LogP contribution in [0.5, 0.6) is 0 Å². The van der Waals surface area contributed by atoms with Crippen molar-refractivity contribution < 1.29 is 0 Å². The first-order valence-electron chi connectivity index (χ1n) is 5.99. The number of halogens is 1. The fourth-order valence-electron chi connectivity index (χ4n) is 1.94. The van der Waals surface area contributed by atoms with Gasteiger partial charge in [-0.05, 0) is 35.0 Å². The maximum Gasteiger partial charge on any atom is 0.131 e. The number of nitriles is 1.